The van der Waals surface area contributed by atoms with Crippen molar-refractivity contribution >= 4 is 39.3 Å². The summed E-state index contributed by atoms with van der Waals surface area (Å²) in [6.07, 6.45) is 1.73. The van der Waals surface area contributed by atoms with Gasteiger partial charge in [-0.1, -0.05) is 102 Å². The largest absolute Gasteiger partial charge is 0.272 e. The number of carbonyl (C=O) groups excluding carboxylic acids is 1. The highest BCUT2D eigenvalue weighted by Gasteiger charge is 2.17. The zero-order valence-corrected chi connectivity index (χ0v) is 21.1. The van der Waals surface area contributed by atoms with E-state index in [1.165, 1.54) is 11.8 Å². The maximum atomic E-state index is 12.6. The molecule has 4 aromatic rings. The van der Waals surface area contributed by atoms with Crippen LogP contribution in [-0.2, 0) is 4.79 Å². The van der Waals surface area contributed by atoms with Crippen LogP contribution >= 0.6 is 27.7 Å². The van der Waals surface area contributed by atoms with Gasteiger partial charge in [-0.15, -0.1) is 10.2 Å². The first kappa shape index (κ1) is 23.9. The lowest BCUT2D eigenvalue weighted by molar-refractivity contribution is -0.118. The van der Waals surface area contributed by atoms with Crippen molar-refractivity contribution in [3.8, 4) is 17.1 Å². The van der Waals surface area contributed by atoms with Gasteiger partial charge < -0.3 is 0 Å². The van der Waals surface area contributed by atoms with Crippen LogP contribution in [0.2, 0.25) is 0 Å². The summed E-state index contributed by atoms with van der Waals surface area (Å²) in [5, 5.41) is 13.9. The minimum Gasteiger partial charge on any atom is -0.272 e. The van der Waals surface area contributed by atoms with Gasteiger partial charge >= 0.3 is 0 Å². The Morgan fingerprint density at radius 2 is 1.74 bits per heavy atom. The summed E-state index contributed by atoms with van der Waals surface area (Å²) >= 11 is 4.85. The summed E-state index contributed by atoms with van der Waals surface area (Å²) < 4.78 is 2.93. The standard InChI is InChI=1S/C26H24BrN5OS/c1-2-10-23(19-11-5-3-6-12-19)28-29-24(33)18-34-26-31-30-25(20-13-9-14-21(27)17-20)32(26)22-15-7-4-8-16-22/h3-9,11-17H,2,10,18H2,1H3,(H,29,33)/b28-23-. The van der Waals surface area contributed by atoms with Crippen molar-refractivity contribution in [1.29, 1.82) is 0 Å². The Morgan fingerprint density at radius 1 is 1.00 bits per heavy atom. The van der Waals surface area contributed by atoms with Crippen molar-refractivity contribution in [2.24, 2.45) is 5.10 Å². The monoisotopic (exact) mass is 533 g/mol. The number of amides is 1. The number of hydrogen-bond acceptors (Lipinski definition) is 5. The number of hydrazone groups is 1. The zero-order chi connectivity index (χ0) is 23.8. The quantitative estimate of drug-likeness (QED) is 0.160. The number of carbonyl (C=O) groups is 1. The molecule has 0 spiro atoms. The SMILES string of the molecule is CCC/C(=N/NC(=O)CSc1nnc(-c2cccc(Br)c2)n1-c1ccccc1)c1ccccc1. The molecular weight excluding hydrogens is 510 g/mol. The second kappa shape index (κ2) is 11.8. The molecule has 0 saturated heterocycles. The first-order valence-electron chi connectivity index (χ1n) is 11.0. The third-order valence-corrected chi connectivity index (χ3v) is 6.39. The van der Waals surface area contributed by atoms with Gasteiger partial charge in [0.05, 0.1) is 11.5 Å². The van der Waals surface area contributed by atoms with Crippen LogP contribution in [0.5, 0.6) is 0 Å². The molecule has 0 saturated carbocycles. The molecule has 1 N–H and O–H groups in total. The summed E-state index contributed by atoms with van der Waals surface area (Å²) in [6, 6.07) is 27.7. The van der Waals surface area contributed by atoms with Crippen LogP contribution in [0.3, 0.4) is 0 Å². The molecule has 0 radical (unpaired) electrons. The number of benzene rings is 3. The third-order valence-electron chi connectivity index (χ3n) is 4.97. The molecule has 0 aliphatic carbocycles. The Morgan fingerprint density at radius 3 is 2.44 bits per heavy atom. The van der Waals surface area contributed by atoms with Crippen LogP contribution in [0.4, 0.5) is 0 Å². The average molecular weight is 534 g/mol. The Hall–Kier alpha value is -3.23. The molecule has 8 heteroatoms. The molecule has 0 aliphatic rings. The van der Waals surface area contributed by atoms with Crippen LogP contribution in [0.25, 0.3) is 17.1 Å². The van der Waals surface area contributed by atoms with Gasteiger partial charge in [0, 0.05) is 15.7 Å². The van der Waals surface area contributed by atoms with Crippen LogP contribution < -0.4 is 5.43 Å². The van der Waals surface area contributed by atoms with Crippen molar-refractivity contribution in [1.82, 2.24) is 20.2 Å². The second-order valence-corrected chi connectivity index (χ2v) is 9.34. The molecule has 0 aliphatic heterocycles. The van der Waals surface area contributed by atoms with Gasteiger partial charge in [0.1, 0.15) is 0 Å². The summed E-state index contributed by atoms with van der Waals surface area (Å²) in [5.41, 5.74) is 6.44. The Bertz CT molecular complexity index is 1270. The van der Waals surface area contributed by atoms with Crippen LogP contribution in [0, 0.1) is 0 Å². The fraction of sp³-hybridized carbons (Fsp3) is 0.154. The summed E-state index contributed by atoms with van der Waals surface area (Å²) in [6.45, 7) is 2.09. The normalized spacial score (nSPS) is 11.4. The van der Waals surface area contributed by atoms with Crippen LogP contribution in [0.1, 0.15) is 25.3 Å². The highest BCUT2D eigenvalue weighted by atomic mass is 79.9. The Labute approximate surface area is 211 Å². The van der Waals surface area contributed by atoms with Gasteiger partial charge in [0.2, 0.25) is 0 Å². The molecule has 1 heterocycles. The summed E-state index contributed by atoms with van der Waals surface area (Å²) in [4.78, 5) is 12.6. The smallest absolute Gasteiger partial charge is 0.250 e. The van der Waals surface area contributed by atoms with Crippen LogP contribution in [0.15, 0.2) is 99.7 Å². The maximum Gasteiger partial charge on any atom is 0.250 e. The molecule has 0 bridgehead atoms. The lowest BCUT2D eigenvalue weighted by Gasteiger charge is -2.10. The average Bonchev–Trinajstić information content (AvgIpc) is 3.30. The molecule has 0 fully saturated rings. The van der Waals surface area contributed by atoms with E-state index in [-0.39, 0.29) is 11.7 Å². The van der Waals surface area contributed by atoms with Gasteiger partial charge in [-0.2, -0.15) is 5.10 Å². The van der Waals surface area contributed by atoms with Crippen molar-refractivity contribution in [3.63, 3.8) is 0 Å². The summed E-state index contributed by atoms with van der Waals surface area (Å²) in [7, 11) is 0. The zero-order valence-electron chi connectivity index (χ0n) is 18.7. The van der Waals surface area contributed by atoms with E-state index in [0.717, 1.165) is 39.8 Å². The third kappa shape index (κ3) is 6.01. The molecule has 34 heavy (non-hydrogen) atoms. The topological polar surface area (TPSA) is 72.2 Å². The van der Waals surface area contributed by atoms with Gasteiger partial charge in [-0.25, -0.2) is 5.43 Å². The molecule has 0 atom stereocenters. The Balaban J connectivity index is 1.53. The van der Waals surface area contributed by atoms with Crippen molar-refractivity contribution in [2.75, 3.05) is 5.75 Å². The molecule has 4 rings (SSSR count). The molecule has 0 unspecified atom stereocenters. The number of aromatic nitrogens is 3. The van der Waals surface area contributed by atoms with Gasteiger partial charge in [0.15, 0.2) is 11.0 Å². The highest BCUT2D eigenvalue weighted by molar-refractivity contribution is 9.10. The van der Waals surface area contributed by atoms with Gasteiger partial charge in [0.25, 0.3) is 5.91 Å². The first-order valence-corrected chi connectivity index (χ1v) is 12.7. The molecule has 172 valence electrons. The van der Waals surface area contributed by atoms with Gasteiger partial charge in [-0.3, -0.25) is 9.36 Å². The van der Waals surface area contributed by atoms with E-state index in [2.05, 4.69) is 43.6 Å². The number of nitrogens with zero attached hydrogens (tertiary/aromatic N) is 4. The van der Waals surface area contributed by atoms with E-state index < -0.39 is 0 Å². The minimum absolute atomic E-state index is 0.168. The molecular formula is C26H24BrN5OS. The van der Waals surface area contributed by atoms with Crippen molar-refractivity contribution < 1.29 is 4.79 Å². The fourth-order valence-corrected chi connectivity index (χ4v) is 4.56. The van der Waals surface area contributed by atoms with E-state index in [0.29, 0.717) is 11.0 Å². The number of thioether (sulfide) groups is 1. The lowest BCUT2D eigenvalue weighted by Crippen LogP contribution is -2.22. The van der Waals surface area contributed by atoms with E-state index in [4.69, 9.17) is 0 Å². The lowest BCUT2D eigenvalue weighted by atomic mass is 10.1. The number of halogens is 1. The molecule has 1 amide bonds. The number of rotatable bonds is 9. The van der Waals surface area contributed by atoms with Crippen LogP contribution in [-0.4, -0.2) is 32.1 Å². The highest BCUT2D eigenvalue weighted by Crippen LogP contribution is 2.29. The van der Waals surface area contributed by atoms with E-state index in [9.17, 15) is 4.79 Å². The predicted octanol–water partition coefficient (Wildman–Crippen LogP) is 6.11. The second-order valence-electron chi connectivity index (χ2n) is 7.49. The molecule has 6 nitrogen and oxygen atoms in total. The maximum absolute atomic E-state index is 12.6. The molecule has 3 aromatic carbocycles. The van der Waals surface area contributed by atoms with Gasteiger partial charge in [-0.05, 0) is 36.2 Å². The van der Waals surface area contributed by atoms with E-state index >= 15 is 0 Å². The molecule has 1 aromatic heterocycles. The van der Waals surface area contributed by atoms with E-state index in [1.54, 1.807) is 0 Å². The Kier molecular flexibility index (Phi) is 8.27. The predicted molar refractivity (Wildman–Crippen MR) is 141 cm³/mol. The first-order chi connectivity index (χ1) is 16.7. The minimum atomic E-state index is -0.193. The fourth-order valence-electron chi connectivity index (χ4n) is 3.41. The van der Waals surface area contributed by atoms with Crippen molar-refractivity contribution in [3.05, 3.63) is 95.0 Å². The number of hydrogen-bond donors (Lipinski definition) is 1. The number of nitrogens with one attached hydrogen (secondary N) is 1. The summed E-state index contributed by atoms with van der Waals surface area (Å²) in [5.74, 6) is 0.685. The van der Waals surface area contributed by atoms with Crippen molar-refractivity contribution in [2.45, 2.75) is 24.9 Å². The van der Waals surface area contributed by atoms with E-state index in [1.807, 2.05) is 89.5 Å². The number of para-hydroxylation sites is 1.